The molecule has 5 N–H and O–H groups in total. The molecule has 1 fully saturated rings. The van der Waals surface area contributed by atoms with Gasteiger partial charge in [0.1, 0.15) is 11.1 Å². The van der Waals surface area contributed by atoms with E-state index >= 15 is 4.39 Å². The van der Waals surface area contributed by atoms with Gasteiger partial charge in [0.05, 0.1) is 7.11 Å². The number of rotatable bonds is 7. The Bertz CT molecular complexity index is 1310. The van der Waals surface area contributed by atoms with Gasteiger partial charge in [0, 0.05) is 22.9 Å². The quantitative estimate of drug-likeness (QED) is 0.445. The molecule has 1 saturated heterocycles. The number of halogens is 1. The Morgan fingerprint density at radius 2 is 1.80 bits per heavy atom. The van der Waals surface area contributed by atoms with Crippen molar-refractivity contribution in [2.45, 2.75) is 37.4 Å². The third-order valence-electron chi connectivity index (χ3n) is 6.67. The molecule has 4 rings (SSSR count). The fourth-order valence-electron chi connectivity index (χ4n) is 4.82. The Hall–Kier alpha value is -3.01. The van der Waals surface area contributed by atoms with E-state index in [1.807, 2.05) is 6.07 Å². The number of hydrogen-bond donors (Lipinski definition) is 3. The van der Waals surface area contributed by atoms with E-state index in [4.69, 9.17) is 15.6 Å². The van der Waals surface area contributed by atoms with Crippen LogP contribution in [0.4, 0.5) is 10.2 Å². The molecular weight excluding hydrogens is 467 g/mol. The molecule has 3 aromatic rings. The number of piperidine rings is 1. The first-order valence-corrected chi connectivity index (χ1v) is 13.3. The maximum absolute atomic E-state index is 15.0. The molecule has 9 heteroatoms. The van der Waals surface area contributed by atoms with Crippen molar-refractivity contribution in [2.75, 3.05) is 25.9 Å². The minimum Gasteiger partial charge on any atom is -0.493 e. The van der Waals surface area contributed by atoms with E-state index in [2.05, 4.69) is 34.6 Å². The van der Waals surface area contributed by atoms with Crippen LogP contribution in [0.25, 0.3) is 22.3 Å². The molecule has 0 saturated carbocycles. The van der Waals surface area contributed by atoms with Crippen LogP contribution in [-0.2, 0) is 10.0 Å². The monoisotopic (exact) mass is 498 g/mol. The van der Waals surface area contributed by atoms with Crippen molar-refractivity contribution in [3.63, 3.8) is 0 Å². The van der Waals surface area contributed by atoms with Crippen LogP contribution in [0.3, 0.4) is 0 Å². The van der Waals surface area contributed by atoms with E-state index in [0.717, 1.165) is 37.1 Å². The summed E-state index contributed by atoms with van der Waals surface area (Å²) >= 11 is 0. The third kappa shape index (κ3) is 5.32. The fraction of sp³-hybridized carbons (Fsp3) is 0.346. The normalized spacial score (nSPS) is 15.7. The maximum Gasteiger partial charge on any atom is 0.216 e. The summed E-state index contributed by atoms with van der Waals surface area (Å²) in [5.41, 5.74) is 10.3. The van der Waals surface area contributed by atoms with Crippen LogP contribution in [0.15, 0.2) is 48.7 Å². The maximum atomic E-state index is 15.0. The second kappa shape index (κ2) is 10.3. The van der Waals surface area contributed by atoms with Gasteiger partial charge in [-0.05, 0) is 73.2 Å². The van der Waals surface area contributed by atoms with Gasteiger partial charge in [-0.1, -0.05) is 31.2 Å². The highest BCUT2D eigenvalue weighted by Crippen LogP contribution is 2.39. The first kappa shape index (κ1) is 25.1. The lowest BCUT2D eigenvalue weighted by Gasteiger charge is -2.23. The molecule has 0 unspecified atom stereocenters. The Morgan fingerprint density at radius 3 is 2.40 bits per heavy atom. The summed E-state index contributed by atoms with van der Waals surface area (Å²) in [6.45, 7) is 3.73. The minimum absolute atomic E-state index is 0.147. The number of aromatic nitrogens is 1. The lowest BCUT2D eigenvalue weighted by atomic mass is 9.89. The van der Waals surface area contributed by atoms with Crippen LogP contribution in [0.2, 0.25) is 0 Å². The van der Waals surface area contributed by atoms with E-state index in [0.29, 0.717) is 17.0 Å². The van der Waals surface area contributed by atoms with Crippen molar-refractivity contribution in [3.05, 3.63) is 65.6 Å². The van der Waals surface area contributed by atoms with Crippen molar-refractivity contribution >= 4 is 15.8 Å². The van der Waals surface area contributed by atoms with Crippen molar-refractivity contribution < 1.29 is 17.5 Å². The first-order valence-electron chi connectivity index (χ1n) is 11.7. The van der Waals surface area contributed by atoms with Gasteiger partial charge in [-0.15, -0.1) is 0 Å². The number of nitrogens with zero attached hydrogens (tertiary/aromatic N) is 1. The van der Waals surface area contributed by atoms with Crippen molar-refractivity contribution in [1.29, 1.82) is 0 Å². The van der Waals surface area contributed by atoms with Gasteiger partial charge in [-0.25, -0.2) is 22.9 Å². The fourth-order valence-corrected chi connectivity index (χ4v) is 5.81. The molecule has 0 spiro atoms. The number of pyridine rings is 1. The Morgan fingerprint density at radius 1 is 1.11 bits per heavy atom. The number of nitrogens with two attached hydrogens (primary N) is 2. The van der Waals surface area contributed by atoms with Gasteiger partial charge in [0.15, 0.2) is 11.6 Å². The predicted molar refractivity (Wildman–Crippen MR) is 137 cm³/mol. The van der Waals surface area contributed by atoms with Crippen LogP contribution in [0.5, 0.6) is 5.75 Å². The van der Waals surface area contributed by atoms with Crippen molar-refractivity contribution in [1.82, 2.24) is 10.3 Å². The van der Waals surface area contributed by atoms with Crippen LogP contribution >= 0.6 is 0 Å². The Kier molecular flexibility index (Phi) is 7.39. The largest absolute Gasteiger partial charge is 0.493 e. The van der Waals surface area contributed by atoms with Crippen LogP contribution < -0.4 is 20.9 Å². The minimum atomic E-state index is -3.99. The van der Waals surface area contributed by atoms with Crippen LogP contribution in [0.1, 0.15) is 48.5 Å². The summed E-state index contributed by atoms with van der Waals surface area (Å²) in [5, 5.41) is 7.70. The molecular formula is C26H31FN4O3S. The molecule has 0 radical (unpaired) electrons. The lowest BCUT2D eigenvalue weighted by molar-refractivity contribution is 0.380. The zero-order chi connectivity index (χ0) is 25.2. The third-order valence-corrected chi connectivity index (χ3v) is 8.06. The standard InChI is InChI=1S/C26H31FN4O3S/c1-3-24(35(29,32)33)22-12-19(14-23(27)25(22)34-2)21-13-20(15-31-26(21)28)17-6-4-16(5-7-17)18-8-10-30-11-9-18/h4-7,12-15,18,24,30H,3,8-11H2,1-2H3,(H2,28,31)(H2,29,32,33)/t24-/m0/s1. The number of nitrogens with one attached hydrogen (secondary N) is 1. The van der Waals surface area contributed by atoms with Crippen LogP contribution in [0, 0.1) is 5.82 Å². The SMILES string of the molecule is CC[C@@H](c1cc(-c2cc(-c3ccc(C4CCNCC4)cc3)cnc2N)cc(F)c1OC)S(N)(=O)=O. The smallest absolute Gasteiger partial charge is 0.216 e. The second-order valence-electron chi connectivity index (χ2n) is 8.87. The van der Waals surface area contributed by atoms with E-state index in [1.165, 1.54) is 18.7 Å². The van der Waals surface area contributed by atoms with Gasteiger partial charge in [-0.2, -0.15) is 0 Å². The number of nitrogen functional groups attached to an aromatic ring is 1. The Balaban J connectivity index is 1.75. The average Bonchev–Trinajstić information content (AvgIpc) is 2.84. The van der Waals surface area contributed by atoms with Gasteiger partial charge in [0.25, 0.3) is 0 Å². The van der Waals surface area contributed by atoms with Gasteiger partial charge >= 0.3 is 0 Å². The van der Waals surface area contributed by atoms with Gasteiger partial charge < -0.3 is 15.8 Å². The highest BCUT2D eigenvalue weighted by molar-refractivity contribution is 7.89. The van der Waals surface area contributed by atoms with E-state index in [-0.39, 0.29) is 23.6 Å². The molecule has 2 heterocycles. The van der Waals surface area contributed by atoms with Crippen LogP contribution in [-0.4, -0.2) is 33.6 Å². The topological polar surface area (TPSA) is 120 Å². The lowest BCUT2D eigenvalue weighted by Crippen LogP contribution is -2.26. The van der Waals surface area contributed by atoms with Gasteiger partial charge in [0.2, 0.25) is 10.0 Å². The molecule has 0 aliphatic carbocycles. The summed E-state index contributed by atoms with van der Waals surface area (Å²) in [4.78, 5) is 4.33. The second-order valence-corrected chi connectivity index (χ2v) is 10.6. The highest BCUT2D eigenvalue weighted by atomic mass is 32.2. The zero-order valence-electron chi connectivity index (χ0n) is 19.9. The summed E-state index contributed by atoms with van der Waals surface area (Å²) in [7, 11) is -2.70. The Labute approximate surface area is 205 Å². The first-order chi connectivity index (χ1) is 16.7. The van der Waals surface area contributed by atoms with Crippen molar-refractivity contribution in [3.8, 4) is 28.0 Å². The number of sulfonamides is 1. The average molecular weight is 499 g/mol. The number of ether oxygens (including phenoxy) is 1. The summed E-state index contributed by atoms with van der Waals surface area (Å²) < 4.78 is 44.6. The molecule has 0 amide bonds. The molecule has 1 aliphatic rings. The molecule has 1 atom stereocenters. The summed E-state index contributed by atoms with van der Waals surface area (Å²) in [6.07, 6.45) is 4.08. The zero-order valence-corrected chi connectivity index (χ0v) is 20.7. The number of anilines is 1. The molecule has 1 aliphatic heterocycles. The van der Waals surface area contributed by atoms with Gasteiger partial charge in [-0.3, -0.25) is 0 Å². The number of hydrogen-bond acceptors (Lipinski definition) is 6. The molecule has 7 nitrogen and oxygen atoms in total. The number of benzene rings is 2. The van der Waals surface area contributed by atoms with Crippen molar-refractivity contribution in [2.24, 2.45) is 5.14 Å². The van der Waals surface area contributed by atoms with E-state index in [9.17, 15) is 8.42 Å². The summed E-state index contributed by atoms with van der Waals surface area (Å²) in [6, 6.07) is 13.1. The number of methoxy groups -OCH3 is 1. The van der Waals surface area contributed by atoms with E-state index in [1.54, 1.807) is 19.2 Å². The highest BCUT2D eigenvalue weighted by Gasteiger charge is 2.28. The molecule has 2 aromatic carbocycles. The molecule has 35 heavy (non-hydrogen) atoms. The molecule has 186 valence electrons. The summed E-state index contributed by atoms with van der Waals surface area (Å²) in [5.74, 6) is -0.0836. The van der Waals surface area contributed by atoms with E-state index < -0.39 is 21.1 Å². The number of primary sulfonamides is 1. The molecule has 0 bridgehead atoms. The predicted octanol–water partition coefficient (Wildman–Crippen LogP) is 4.35. The molecule has 1 aromatic heterocycles.